The Bertz CT molecular complexity index is 488. The number of nitrogens with one attached hydrogen (secondary N) is 1. The summed E-state index contributed by atoms with van der Waals surface area (Å²) in [7, 11) is -2.79. The molecule has 0 aromatic rings. The van der Waals surface area contributed by atoms with Gasteiger partial charge in [-0.25, -0.2) is 0 Å². The molecular weight excluding hydrogens is 429 g/mol. The molecule has 0 aliphatic rings. The minimum absolute atomic E-state index is 0. The van der Waals surface area contributed by atoms with Gasteiger partial charge in [0.25, 0.3) is 0 Å². The van der Waals surface area contributed by atoms with E-state index in [1.54, 1.807) is 0 Å². The molecule has 33 heavy (non-hydrogen) atoms. The van der Waals surface area contributed by atoms with Crippen molar-refractivity contribution in [2.24, 2.45) is 0 Å². The lowest BCUT2D eigenvalue weighted by Gasteiger charge is -2.33. The summed E-state index contributed by atoms with van der Waals surface area (Å²) in [6.45, 7) is 13.0. The van der Waals surface area contributed by atoms with Gasteiger partial charge < -0.3 is 14.4 Å². The molecule has 0 aromatic heterocycles. The molecule has 0 radical (unpaired) electrons. The van der Waals surface area contributed by atoms with Gasteiger partial charge in [0, 0.05) is 18.1 Å². The van der Waals surface area contributed by atoms with Crippen LogP contribution in [0.2, 0.25) is 0 Å². The highest BCUT2D eigenvalue weighted by atomic mass is 31.2. The van der Waals surface area contributed by atoms with Crippen LogP contribution in [0.4, 0.5) is 0 Å². The summed E-state index contributed by atoms with van der Waals surface area (Å²) >= 11 is 0. The van der Waals surface area contributed by atoms with Crippen LogP contribution < -0.4 is 5.32 Å². The van der Waals surface area contributed by atoms with E-state index in [0.29, 0.717) is 13.0 Å². The van der Waals surface area contributed by atoms with Crippen molar-refractivity contribution in [1.29, 1.82) is 0 Å². The van der Waals surface area contributed by atoms with Gasteiger partial charge in [0.1, 0.15) is 0 Å². The zero-order valence-corrected chi connectivity index (χ0v) is 22.9. The molecule has 1 unspecified atom stereocenters. The molecule has 0 rings (SSSR count). The maximum atomic E-state index is 12.3. The zero-order chi connectivity index (χ0) is 24.1. The summed E-state index contributed by atoms with van der Waals surface area (Å²) in [5.41, 5.74) is 0. The first-order chi connectivity index (χ1) is 15.2. The lowest BCUT2D eigenvalue weighted by Crippen LogP contribution is -2.23. The Hall–Kier alpha value is -0.340. The van der Waals surface area contributed by atoms with Crippen LogP contribution in [0.15, 0.2) is 0 Å². The molecule has 0 aromatic carbocycles. The highest BCUT2D eigenvalue weighted by Crippen LogP contribution is 2.57. The molecule has 1 amide bonds. The van der Waals surface area contributed by atoms with Crippen molar-refractivity contribution in [2.75, 3.05) is 13.2 Å². The summed E-state index contributed by atoms with van der Waals surface area (Å²) in [5, 5.41) is 2.64. The minimum Gasteiger partial charge on any atom is -0.356 e. The Kier molecular flexibility index (Phi) is 23.4. The molecular formula is C28H59NO3P-. The third-order valence-corrected chi connectivity index (χ3v) is 8.87. The van der Waals surface area contributed by atoms with E-state index in [0.717, 1.165) is 38.6 Å². The number of hydrogen-bond donors (Lipinski definition) is 1. The van der Waals surface area contributed by atoms with E-state index in [2.05, 4.69) is 18.9 Å². The average molecular weight is 489 g/mol. The molecule has 0 bridgehead atoms. The third-order valence-electron chi connectivity index (χ3n) is 6.22. The van der Waals surface area contributed by atoms with Gasteiger partial charge in [-0.05, 0) is 19.3 Å². The summed E-state index contributed by atoms with van der Waals surface area (Å²) < 4.78 is 17.8. The fraction of sp³-hybridized carbons (Fsp3) is 0.929. The minimum atomic E-state index is -2.79. The fourth-order valence-electron chi connectivity index (χ4n) is 3.61. The molecule has 0 saturated heterocycles. The summed E-state index contributed by atoms with van der Waals surface area (Å²) in [6.07, 6.45) is 21.9. The normalized spacial score (nSPS) is 13.4. The van der Waals surface area contributed by atoms with Crippen molar-refractivity contribution in [3.8, 4) is 0 Å². The SMILES string of the molecule is C.[CH2-]P(=O)(OCCCCCCNC(=O)CCCCCCCCCCCCCCC)C(C)(C)C. The smallest absolute Gasteiger partial charge is 0.219 e. The maximum absolute atomic E-state index is 12.3. The Labute approximate surface area is 208 Å². The van der Waals surface area contributed by atoms with Crippen molar-refractivity contribution in [3.63, 3.8) is 0 Å². The van der Waals surface area contributed by atoms with Gasteiger partial charge in [-0.1, -0.05) is 125 Å². The van der Waals surface area contributed by atoms with Crippen LogP contribution in [-0.2, 0) is 13.9 Å². The number of carbonyl (C=O) groups excluding carboxylic acids is 1. The molecule has 1 atom stereocenters. The van der Waals surface area contributed by atoms with Crippen molar-refractivity contribution in [2.45, 2.75) is 156 Å². The highest BCUT2D eigenvalue weighted by Gasteiger charge is 2.25. The van der Waals surface area contributed by atoms with Crippen molar-refractivity contribution in [3.05, 3.63) is 6.66 Å². The third kappa shape index (κ3) is 21.9. The molecule has 0 aliphatic heterocycles. The van der Waals surface area contributed by atoms with Crippen molar-refractivity contribution < 1.29 is 13.9 Å². The van der Waals surface area contributed by atoms with E-state index in [4.69, 9.17) is 4.52 Å². The topological polar surface area (TPSA) is 55.4 Å². The van der Waals surface area contributed by atoms with E-state index in [1.807, 2.05) is 20.8 Å². The number of hydrogen-bond acceptors (Lipinski definition) is 3. The molecule has 0 aliphatic carbocycles. The summed E-state index contributed by atoms with van der Waals surface area (Å²) in [5.74, 6) is 0.194. The van der Waals surface area contributed by atoms with Gasteiger partial charge in [-0.3, -0.25) is 11.5 Å². The standard InChI is InChI=1S/C27H55NO3P.CH4/c1-6-7-8-9-10-11-12-13-14-15-16-17-20-23-26(29)28-24-21-18-19-22-25-31-32(5,30)27(2,3)4;/h5-25H2,1-4H3,(H,28,29);1H4/q-1;. The van der Waals surface area contributed by atoms with E-state index in [-0.39, 0.29) is 13.3 Å². The second-order valence-corrected chi connectivity index (χ2v) is 13.4. The molecule has 200 valence electrons. The lowest BCUT2D eigenvalue weighted by atomic mass is 10.0. The zero-order valence-electron chi connectivity index (χ0n) is 22.0. The lowest BCUT2D eigenvalue weighted by molar-refractivity contribution is -0.121. The van der Waals surface area contributed by atoms with Crippen LogP contribution in [0.3, 0.4) is 0 Å². The predicted octanol–water partition coefficient (Wildman–Crippen LogP) is 9.67. The van der Waals surface area contributed by atoms with Crippen LogP contribution in [0, 0.1) is 6.66 Å². The Morgan fingerprint density at radius 2 is 1.18 bits per heavy atom. The quantitative estimate of drug-likeness (QED) is 0.0937. The number of carbonyl (C=O) groups is 1. The molecule has 0 heterocycles. The van der Waals surface area contributed by atoms with Crippen molar-refractivity contribution >= 4 is 13.3 Å². The van der Waals surface area contributed by atoms with Crippen LogP contribution in [-0.4, -0.2) is 24.2 Å². The highest BCUT2D eigenvalue weighted by molar-refractivity contribution is 7.61. The van der Waals surface area contributed by atoms with Gasteiger partial charge in [-0.2, -0.15) is 0 Å². The number of rotatable bonds is 22. The van der Waals surface area contributed by atoms with E-state index < -0.39 is 12.5 Å². The van der Waals surface area contributed by atoms with E-state index in [9.17, 15) is 9.36 Å². The largest absolute Gasteiger partial charge is 0.356 e. The second-order valence-electron chi connectivity index (χ2n) is 10.4. The predicted molar refractivity (Wildman–Crippen MR) is 147 cm³/mol. The second kappa shape index (κ2) is 22.1. The first-order valence-electron chi connectivity index (χ1n) is 13.6. The van der Waals surface area contributed by atoms with Gasteiger partial charge in [-0.15, -0.1) is 0 Å². The van der Waals surface area contributed by atoms with Crippen LogP contribution in [0.1, 0.15) is 151 Å². The molecule has 0 spiro atoms. The fourth-order valence-corrected chi connectivity index (χ4v) is 4.42. The Balaban J connectivity index is 0. The Morgan fingerprint density at radius 1 is 0.758 bits per heavy atom. The first-order valence-corrected chi connectivity index (χ1v) is 15.4. The molecule has 1 N–H and O–H groups in total. The molecule has 0 fully saturated rings. The number of amides is 1. The Morgan fingerprint density at radius 3 is 1.67 bits per heavy atom. The monoisotopic (exact) mass is 488 g/mol. The number of unbranched alkanes of at least 4 members (excludes halogenated alkanes) is 15. The summed E-state index contributed by atoms with van der Waals surface area (Å²) in [6, 6.07) is 0. The van der Waals surface area contributed by atoms with Gasteiger partial charge in [0.05, 0.1) is 14.0 Å². The average Bonchev–Trinajstić information content (AvgIpc) is 2.72. The van der Waals surface area contributed by atoms with Gasteiger partial charge in [0.15, 0.2) is 0 Å². The molecule has 0 saturated carbocycles. The first kappa shape index (κ1) is 34.8. The molecule has 5 heteroatoms. The van der Waals surface area contributed by atoms with Crippen LogP contribution in [0.25, 0.3) is 0 Å². The summed E-state index contributed by atoms with van der Waals surface area (Å²) in [4.78, 5) is 11.9. The van der Waals surface area contributed by atoms with Gasteiger partial charge >= 0.3 is 0 Å². The maximum Gasteiger partial charge on any atom is 0.219 e. The molecule has 4 nitrogen and oxygen atoms in total. The van der Waals surface area contributed by atoms with E-state index in [1.165, 1.54) is 77.0 Å². The van der Waals surface area contributed by atoms with Crippen LogP contribution in [0.5, 0.6) is 0 Å². The van der Waals surface area contributed by atoms with Crippen molar-refractivity contribution in [1.82, 2.24) is 5.32 Å². The van der Waals surface area contributed by atoms with E-state index >= 15 is 0 Å². The van der Waals surface area contributed by atoms with Gasteiger partial charge in [0.2, 0.25) is 5.91 Å². The van der Waals surface area contributed by atoms with Crippen LogP contribution >= 0.6 is 7.37 Å².